The largest absolute Gasteiger partial charge is 0.468 e. The molecule has 1 aromatic heterocycles. The van der Waals surface area contributed by atoms with Crippen molar-refractivity contribution in [2.45, 2.75) is 44.8 Å². The third-order valence-corrected chi connectivity index (χ3v) is 4.51. The van der Waals surface area contributed by atoms with E-state index >= 15 is 0 Å². The van der Waals surface area contributed by atoms with Crippen LogP contribution in [0, 0.1) is 0 Å². The summed E-state index contributed by atoms with van der Waals surface area (Å²) in [4.78, 5) is 10.5. The van der Waals surface area contributed by atoms with Crippen LogP contribution >= 0.6 is 0 Å². The molecule has 28 heavy (non-hydrogen) atoms. The molecule has 1 aliphatic heterocycles. The molecule has 1 fully saturated rings. The van der Waals surface area contributed by atoms with Gasteiger partial charge in [0, 0.05) is 32.4 Å². The molecule has 6 nitrogen and oxygen atoms in total. The third-order valence-electron chi connectivity index (χ3n) is 4.51. The third kappa shape index (κ3) is 9.25. The molecule has 0 radical (unpaired) electrons. The van der Waals surface area contributed by atoms with Crippen LogP contribution in [-0.4, -0.2) is 61.9 Å². The monoisotopic (exact) mass is 401 g/mol. The highest BCUT2D eigenvalue weighted by Gasteiger charge is 2.28. The molecule has 0 unspecified atom stereocenters. The lowest BCUT2D eigenvalue weighted by molar-refractivity contribution is -0.154. The Kier molecular flexibility index (Phi) is 9.33. The predicted octanol–water partition coefficient (Wildman–Crippen LogP) is 2.95. The van der Waals surface area contributed by atoms with Crippen molar-refractivity contribution < 1.29 is 17.9 Å². The zero-order valence-electron chi connectivity index (χ0n) is 16.4. The van der Waals surface area contributed by atoms with Crippen molar-refractivity contribution in [3.05, 3.63) is 23.9 Å². The second-order valence-electron chi connectivity index (χ2n) is 6.87. The highest BCUT2D eigenvalue weighted by atomic mass is 19.4. The Bertz CT molecular complexity index is 601. The van der Waals surface area contributed by atoms with Gasteiger partial charge in [-0.2, -0.15) is 13.2 Å². The Hall–Kier alpha value is -2.03. The highest BCUT2D eigenvalue weighted by Crippen LogP contribution is 2.17. The van der Waals surface area contributed by atoms with E-state index < -0.39 is 12.8 Å². The van der Waals surface area contributed by atoms with Crippen molar-refractivity contribution in [2.24, 2.45) is 4.99 Å². The number of aromatic nitrogens is 1. The first kappa shape index (κ1) is 22.3. The summed E-state index contributed by atoms with van der Waals surface area (Å²) in [5, 5.41) is 6.42. The summed E-state index contributed by atoms with van der Waals surface area (Å²) >= 11 is 0. The number of alkyl halides is 3. The molecule has 1 saturated heterocycles. The lowest BCUT2D eigenvalue weighted by Crippen LogP contribution is -2.38. The number of nitrogens with zero attached hydrogens (tertiary/aromatic N) is 3. The van der Waals surface area contributed by atoms with E-state index in [-0.39, 0.29) is 5.88 Å². The molecule has 2 N–H and O–H groups in total. The van der Waals surface area contributed by atoms with Crippen molar-refractivity contribution in [1.82, 2.24) is 20.5 Å². The Morgan fingerprint density at radius 1 is 1.21 bits per heavy atom. The van der Waals surface area contributed by atoms with Crippen LogP contribution in [0.2, 0.25) is 0 Å². The molecule has 0 bridgehead atoms. The number of halogens is 3. The zero-order chi connectivity index (χ0) is 20.2. The van der Waals surface area contributed by atoms with E-state index in [0.717, 1.165) is 25.1 Å². The number of aliphatic imine (C=N–C) groups is 1. The smallest absolute Gasteiger partial charge is 0.422 e. The van der Waals surface area contributed by atoms with Gasteiger partial charge >= 0.3 is 6.18 Å². The van der Waals surface area contributed by atoms with Crippen LogP contribution in [0.4, 0.5) is 13.2 Å². The molecule has 2 rings (SSSR count). The maximum absolute atomic E-state index is 12.2. The zero-order valence-corrected chi connectivity index (χ0v) is 16.4. The normalized spacial score (nSPS) is 16.5. The van der Waals surface area contributed by atoms with Crippen LogP contribution in [-0.2, 0) is 6.54 Å². The van der Waals surface area contributed by atoms with Gasteiger partial charge in [-0.05, 0) is 50.5 Å². The van der Waals surface area contributed by atoms with Crippen molar-refractivity contribution in [3.63, 3.8) is 0 Å². The topological polar surface area (TPSA) is 61.8 Å². The fourth-order valence-corrected chi connectivity index (χ4v) is 3.07. The average molecular weight is 401 g/mol. The summed E-state index contributed by atoms with van der Waals surface area (Å²) < 4.78 is 41.4. The minimum absolute atomic E-state index is 0.0444. The number of hydrogen-bond acceptors (Lipinski definition) is 4. The van der Waals surface area contributed by atoms with Gasteiger partial charge in [0.2, 0.25) is 5.88 Å². The van der Waals surface area contributed by atoms with Gasteiger partial charge in [0.25, 0.3) is 0 Å². The molecule has 0 spiro atoms. The summed E-state index contributed by atoms with van der Waals surface area (Å²) in [6.07, 6.45) is 3.34. The van der Waals surface area contributed by atoms with E-state index in [1.807, 2.05) is 0 Å². The van der Waals surface area contributed by atoms with E-state index in [1.165, 1.54) is 51.0 Å². The van der Waals surface area contributed by atoms with E-state index in [1.54, 1.807) is 13.1 Å². The SMILES string of the molecule is CN=C(NCCCN1CCCCCC1)NCc1ccnc(OCC(F)(F)F)c1. The van der Waals surface area contributed by atoms with Gasteiger partial charge in [0.05, 0.1) is 0 Å². The van der Waals surface area contributed by atoms with Gasteiger partial charge in [-0.25, -0.2) is 4.98 Å². The molecule has 9 heteroatoms. The first-order valence-corrected chi connectivity index (χ1v) is 9.77. The number of hydrogen-bond donors (Lipinski definition) is 2. The average Bonchev–Trinajstić information content (AvgIpc) is 2.94. The summed E-state index contributed by atoms with van der Waals surface area (Å²) in [6.45, 7) is 3.33. The lowest BCUT2D eigenvalue weighted by atomic mass is 10.2. The quantitative estimate of drug-likeness (QED) is 0.398. The van der Waals surface area contributed by atoms with Gasteiger partial charge in [0.15, 0.2) is 12.6 Å². The molecule has 2 heterocycles. The summed E-state index contributed by atoms with van der Waals surface area (Å²) in [7, 11) is 1.69. The fraction of sp³-hybridized carbons (Fsp3) is 0.684. The van der Waals surface area contributed by atoms with Crippen molar-refractivity contribution in [2.75, 3.05) is 39.8 Å². The highest BCUT2D eigenvalue weighted by molar-refractivity contribution is 5.79. The fourth-order valence-electron chi connectivity index (χ4n) is 3.07. The molecule has 1 aliphatic rings. The lowest BCUT2D eigenvalue weighted by Gasteiger charge is -2.20. The number of pyridine rings is 1. The van der Waals surface area contributed by atoms with Crippen LogP contribution < -0.4 is 15.4 Å². The van der Waals surface area contributed by atoms with Crippen molar-refractivity contribution >= 4 is 5.96 Å². The second kappa shape index (κ2) is 11.7. The van der Waals surface area contributed by atoms with Gasteiger partial charge in [-0.1, -0.05) is 12.8 Å². The Balaban J connectivity index is 1.68. The van der Waals surface area contributed by atoms with Crippen LogP contribution in [0.5, 0.6) is 5.88 Å². The molecular weight excluding hydrogens is 371 g/mol. The number of rotatable bonds is 8. The molecule has 0 saturated carbocycles. The molecule has 0 aromatic carbocycles. The van der Waals surface area contributed by atoms with Crippen LogP contribution in [0.25, 0.3) is 0 Å². The first-order valence-electron chi connectivity index (χ1n) is 9.77. The number of guanidine groups is 1. The molecule has 0 atom stereocenters. The molecule has 1 aromatic rings. The maximum atomic E-state index is 12.2. The van der Waals surface area contributed by atoms with Crippen LogP contribution in [0.1, 0.15) is 37.7 Å². The maximum Gasteiger partial charge on any atom is 0.422 e. The minimum Gasteiger partial charge on any atom is -0.468 e. The minimum atomic E-state index is -4.38. The van der Waals surface area contributed by atoms with Crippen LogP contribution in [0.15, 0.2) is 23.3 Å². The summed E-state index contributed by atoms with van der Waals surface area (Å²) in [5.74, 6) is 0.613. The molecular formula is C19H30F3N5O. The number of ether oxygens (including phenoxy) is 1. The van der Waals surface area contributed by atoms with Crippen molar-refractivity contribution in [1.29, 1.82) is 0 Å². The Morgan fingerprint density at radius 2 is 1.96 bits per heavy atom. The van der Waals surface area contributed by atoms with Gasteiger partial charge in [-0.15, -0.1) is 0 Å². The molecule has 0 amide bonds. The van der Waals surface area contributed by atoms with E-state index in [9.17, 15) is 13.2 Å². The standard InChI is InChI=1S/C19H30F3N5O/c1-23-18(25-8-6-12-27-10-4-2-3-5-11-27)26-14-16-7-9-24-17(13-16)28-15-19(20,21)22/h7,9,13H,2-6,8,10-12,14-15H2,1H3,(H2,23,25,26). The van der Waals surface area contributed by atoms with E-state index in [2.05, 4.69) is 30.2 Å². The molecule has 158 valence electrons. The number of likely N-dealkylation sites (tertiary alicyclic amines) is 1. The summed E-state index contributed by atoms with van der Waals surface area (Å²) in [5.41, 5.74) is 0.764. The molecule has 0 aliphatic carbocycles. The van der Waals surface area contributed by atoms with E-state index in [0.29, 0.717) is 12.5 Å². The van der Waals surface area contributed by atoms with Gasteiger partial charge in [0.1, 0.15) is 0 Å². The second-order valence-corrected chi connectivity index (χ2v) is 6.87. The Morgan fingerprint density at radius 3 is 2.64 bits per heavy atom. The van der Waals surface area contributed by atoms with Crippen LogP contribution in [0.3, 0.4) is 0 Å². The summed E-state index contributed by atoms with van der Waals surface area (Å²) in [6, 6.07) is 3.21. The predicted molar refractivity (Wildman–Crippen MR) is 104 cm³/mol. The van der Waals surface area contributed by atoms with Gasteiger partial charge < -0.3 is 20.3 Å². The van der Waals surface area contributed by atoms with Gasteiger partial charge in [-0.3, -0.25) is 4.99 Å². The Labute approximate surface area is 164 Å². The van der Waals surface area contributed by atoms with Crippen molar-refractivity contribution in [3.8, 4) is 5.88 Å². The van der Waals surface area contributed by atoms with E-state index in [4.69, 9.17) is 0 Å². The number of nitrogens with one attached hydrogen (secondary N) is 2. The first-order chi connectivity index (χ1) is 13.5.